The van der Waals surface area contributed by atoms with Crippen LogP contribution < -0.4 is 5.73 Å². The highest BCUT2D eigenvalue weighted by Gasteiger charge is 2.29. The Kier molecular flexibility index (Phi) is 3.27. The number of rotatable bonds is 2. The number of likely N-dealkylation sites (tertiary alicyclic amines) is 1. The third kappa shape index (κ3) is 2.34. The van der Waals surface area contributed by atoms with Crippen LogP contribution in [-0.4, -0.2) is 38.8 Å². The summed E-state index contributed by atoms with van der Waals surface area (Å²) in [4.78, 5) is 27.7. The van der Waals surface area contributed by atoms with Gasteiger partial charge in [0.1, 0.15) is 4.88 Å². The Morgan fingerprint density at radius 2 is 2.27 bits per heavy atom. The van der Waals surface area contributed by atoms with Gasteiger partial charge in [-0.15, -0.1) is 11.3 Å². The molecule has 1 aliphatic rings. The maximum Gasteiger partial charge on any atom is 0.265 e. The van der Waals surface area contributed by atoms with E-state index in [1.807, 2.05) is 17.0 Å². The first-order valence-corrected chi connectivity index (χ1v) is 8.61. The van der Waals surface area contributed by atoms with Gasteiger partial charge in [0.2, 0.25) is 0 Å². The molecule has 6 nitrogen and oxygen atoms in total. The van der Waals surface area contributed by atoms with E-state index >= 15 is 0 Å². The van der Waals surface area contributed by atoms with E-state index in [2.05, 4.69) is 15.0 Å². The Morgan fingerprint density at radius 1 is 1.36 bits per heavy atom. The summed E-state index contributed by atoms with van der Waals surface area (Å²) in [6.07, 6.45) is 2.55. The monoisotopic (exact) mass is 331 g/mol. The Bertz CT molecular complexity index is 829. The fraction of sp³-hybridized carbons (Fsp3) is 0.286. The van der Waals surface area contributed by atoms with Crippen molar-refractivity contribution in [2.75, 3.05) is 18.8 Å². The minimum Gasteiger partial charge on any atom is -0.375 e. The third-order valence-corrected chi connectivity index (χ3v) is 5.43. The third-order valence-electron chi connectivity index (χ3n) is 3.83. The maximum atomic E-state index is 12.3. The molecule has 1 fully saturated rings. The molecule has 0 aromatic carbocycles. The maximum absolute atomic E-state index is 12.3. The molecule has 0 unspecified atom stereocenters. The molecule has 1 amide bonds. The highest BCUT2D eigenvalue weighted by molar-refractivity contribution is 7.21. The number of amides is 1. The van der Waals surface area contributed by atoms with Crippen LogP contribution in [0.2, 0.25) is 0 Å². The molecule has 2 N–H and O–H groups in total. The molecule has 0 radical (unpaired) electrons. The molecule has 4 heterocycles. The average molecular weight is 331 g/mol. The van der Waals surface area contributed by atoms with Crippen LogP contribution in [-0.2, 0) is 0 Å². The number of nitrogens with zero attached hydrogens (tertiary/aromatic N) is 4. The number of anilines is 1. The molecule has 22 heavy (non-hydrogen) atoms. The minimum absolute atomic E-state index is 0.0592. The van der Waals surface area contributed by atoms with E-state index < -0.39 is 0 Å². The SMILES string of the molecule is Nc1nc2nc([C@@H]3CCN(C(=O)c4cncs4)C3)ccc2s1. The van der Waals surface area contributed by atoms with Gasteiger partial charge < -0.3 is 10.6 Å². The van der Waals surface area contributed by atoms with Crippen molar-refractivity contribution in [1.82, 2.24) is 19.9 Å². The van der Waals surface area contributed by atoms with Gasteiger partial charge >= 0.3 is 0 Å². The minimum atomic E-state index is 0.0592. The van der Waals surface area contributed by atoms with Crippen molar-refractivity contribution in [2.24, 2.45) is 0 Å². The van der Waals surface area contributed by atoms with Crippen LogP contribution in [0.5, 0.6) is 0 Å². The van der Waals surface area contributed by atoms with E-state index in [0.717, 1.165) is 23.4 Å². The summed E-state index contributed by atoms with van der Waals surface area (Å²) in [5.74, 6) is 0.313. The summed E-state index contributed by atoms with van der Waals surface area (Å²) in [6.45, 7) is 1.44. The molecule has 4 rings (SSSR count). The van der Waals surface area contributed by atoms with Crippen LogP contribution >= 0.6 is 22.7 Å². The molecule has 1 saturated heterocycles. The van der Waals surface area contributed by atoms with Gasteiger partial charge in [0.15, 0.2) is 10.8 Å². The van der Waals surface area contributed by atoms with E-state index in [-0.39, 0.29) is 11.8 Å². The van der Waals surface area contributed by atoms with Crippen LogP contribution in [0.1, 0.15) is 27.7 Å². The average Bonchev–Trinajstić information content (AvgIpc) is 3.25. The lowest BCUT2D eigenvalue weighted by atomic mass is 10.0. The van der Waals surface area contributed by atoms with E-state index in [4.69, 9.17) is 5.73 Å². The number of nitrogen functional groups attached to an aromatic ring is 1. The number of aromatic nitrogens is 3. The number of fused-ring (bicyclic) bond motifs is 1. The summed E-state index contributed by atoms with van der Waals surface area (Å²) < 4.78 is 0.997. The number of carbonyl (C=O) groups is 1. The Labute approximate surface area is 134 Å². The molecule has 8 heteroatoms. The lowest BCUT2D eigenvalue weighted by Crippen LogP contribution is -2.27. The first kappa shape index (κ1) is 13.6. The zero-order valence-electron chi connectivity index (χ0n) is 11.6. The van der Waals surface area contributed by atoms with E-state index in [1.165, 1.54) is 22.7 Å². The lowest BCUT2D eigenvalue weighted by Gasteiger charge is -2.15. The van der Waals surface area contributed by atoms with Gasteiger partial charge in [-0.25, -0.2) is 9.97 Å². The first-order valence-electron chi connectivity index (χ1n) is 6.91. The standard InChI is InChI=1S/C14H13N5OS2/c15-14-18-12-10(22-14)2-1-9(17-12)8-3-4-19(6-8)13(20)11-5-16-7-21-11/h1-2,5,7-8H,3-4,6H2,(H2,15,17,18)/t8-/m1/s1. The largest absolute Gasteiger partial charge is 0.375 e. The number of thiazole rings is 2. The Hall–Kier alpha value is -2.06. The molecule has 112 valence electrons. The molecule has 0 aliphatic carbocycles. The predicted octanol–water partition coefficient (Wildman–Crippen LogP) is 2.36. The van der Waals surface area contributed by atoms with E-state index in [9.17, 15) is 4.79 Å². The van der Waals surface area contributed by atoms with E-state index in [1.54, 1.807) is 11.7 Å². The van der Waals surface area contributed by atoms with Crippen molar-refractivity contribution in [3.05, 3.63) is 34.4 Å². The number of pyridine rings is 1. The highest BCUT2D eigenvalue weighted by atomic mass is 32.1. The molecule has 1 atom stereocenters. The zero-order chi connectivity index (χ0) is 15.1. The van der Waals surface area contributed by atoms with Gasteiger partial charge in [-0.2, -0.15) is 0 Å². The van der Waals surface area contributed by atoms with E-state index in [0.29, 0.717) is 22.2 Å². The summed E-state index contributed by atoms with van der Waals surface area (Å²) in [6, 6.07) is 4.03. The number of hydrogen-bond donors (Lipinski definition) is 1. The lowest BCUT2D eigenvalue weighted by molar-refractivity contribution is 0.0795. The molecule has 1 aliphatic heterocycles. The number of carbonyl (C=O) groups excluding carboxylic acids is 1. The molecule has 0 spiro atoms. The van der Waals surface area contributed by atoms with Crippen molar-refractivity contribution >= 4 is 44.1 Å². The van der Waals surface area contributed by atoms with Crippen molar-refractivity contribution in [3.8, 4) is 0 Å². The highest BCUT2D eigenvalue weighted by Crippen LogP contribution is 2.30. The second-order valence-electron chi connectivity index (χ2n) is 5.21. The fourth-order valence-electron chi connectivity index (χ4n) is 2.74. The van der Waals surface area contributed by atoms with Gasteiger partial charge in [-0.1, -0.05) is 11.3 Å². The molecular formula is C14H13N5OS2. The summed E-state index contributed by atoms with van der Waals surface area (Å²) in [5, 5.41) is 0.535. The molecule has 0 bridgehead atoms. The van der Waals surface area contributed by atoms with Crippen LogP contribution in [0.25, 0.3) is 10.3 Å². The Balaban J connectivity index is 1.55. The van der Waals surface area contributed by atoms with Crippen molar-refractivity contribution < 1.29 is 4.79 Å². The second-order valence-corrected chi connectivity index (χ2v) is 7.16. The first-order chi connectivity index (χ1) is 10.7. The van der Waals surface area contributed by atoms with Crippen molar-refractivity contribution in [2.45, 2.75) is 12.3 Å². The predicted molar refractivity (Wildman–Crippen MR) is 87.2 cm³/mol. The fourth-order valence-corrected chi connectivity index (χ4v) is 4.00. The zero-order valence-corrected chi connectivity index (χ0v) is 13.2. The summed E-state index contributed by atoms with van der Waals surface area (Å²) in [5.41, 5.74) is 9.09. The molecule has 3 aromatic rings. The van der Waals surface area contributed by atoms with Crippen molar-refractivity contribution in [3.63, 3.8) is 0 Å². The van der Waals surface area contributed by atoms with Gasteiger partial charge in [-0.05, 0) is 18.6 Å². The van der Waals surface area contributed by atoms with Crippen LogP contribution in [0, 0.1) is 0 Å². The van der Waals surface area contributed by atoms with Gasteiger partial charge in [0.05, 0.1) is 16.4 Å². The Morgan fingerprint density at radius 3 is 3.09 bits per heavy atom. The van der Waals surface area contributed by atoms with Crippen molar-refractivity contribution in [1.29, 1.82) is 0 Å². The van der Waals surface area contributed by atoms with Crippen LogP contribution in [0.15, 0.2) is 23.8 Å². The molecule has 0 saturated carbocycles. The topological polar surface area (TPSA) is 85.0 Å². The number of hydrogen-bond acceptors (Lipinski definition) is 7. The number of nitrogens with two attached hydrogens (primary N) is 1. The van der Waals surface area contributed by atoms with Crippen LogP contribution in [0.4, 0.5) is 5.13 Å². The van der Waals surface area contributed by atoms with Gasteiger partial charge in [0.25, 0.3) is 5.91 Å². The second kappa shape index (κ2) is 5.29. The quantitative estimate of drug-likeness (QED) is 0.779. The summed E-state index contributed by atoms with van der Waals surface area (Å²) in [7, 11) is 0. The van der Waals surface area contributed by atoms with Gasteiger partial charge in [-0.3, -0.25) is 9.78 Å². The molecule has 3 aromatic heterocycles. The summed E-state index contributed by atoms with van der Waals surface area (Å²) >= 11 is 2.82. The van der Waals surface area contributed by atoms with Crippen LogP contribution in [0.3, 0.4) is 0 Å². The van der Waals surface area contributed by atoms with Gasteiger partial charge in [0, 0.05) is 24.7 Å². The molecular weight excluding hydrogens is 318 g/mol. The normalized spacial score (nSPS) is 18.2. The smallest absolute Gasteiger partial charge is 0.265 e.